The Morgan fingerprint density at radius 2 is 0.804 bits per heavy atom. The van der Waals surface area contributed by atoms with Gasteiger partial charge in [-0.05, 0) is 97.0 Å². The van der Waals surface area contributed by atoms with Crippen LogP contribution in [0.1, 0.15) is 0 Å². The molecule has 0 amide bonds. The van der Waals surface area contributed by atoms with E-state index in [4.69, 9.17) is 4.42 Å². The topological polar surface area (TPSA) is 16.4 Å². The van der Waals surface area contributed by atoms with Crippen LogP contribution in [-0.2, 0) is 0 Å². The first kappa shape index (κ1) is 32.0. The lowest BCUT2D eigenvalue weighted by Gasteiger charge is -2.30. The Morgan fingerprint density at radius 3 is 1.61 bits per heavy atom. The van der Waals surface area contributed by atoms with Gasteiger partial charge >= 0.3 is 0 Å². The molecule has 1 aromatic heterocycles. The molecule has 0 spiro atoms. The van der Waals surface area contributed by atoms with E-state index in [1.165, 1.54) is 49.0 Å². The van der Waals surface area contributed by atoms with Crippen molar-refractivity contribution in [1.82, 2.24) is 0 Å². The molecule has 0 fully saturated rings. The Morgan fingerprint density at radius 1 is 0.286 bits per heavy atom. The highest BCUT2D eigenvalue weighted by molar-refractivity contribution is 6.14. The summed E-state index contributed by atoms with van der Waals surface area (Å²) in [5, 5.41) is 9.69. The van der Waals surface area contributed by atoms with Gasteiger partial charge in [-0.1, -0.05) is 170 Å². The predicted molar refractivity (Wildman–Crippen MR) is 237 cm³/mol. The largest absolute Gasteiger partial charge is 0.456 e. The van der Waals surface area contributed by atoms with Crippen molar-refractivity contribution in [3.8, 4) is 33.4 Å². The molecular formula is C54H35NO. The molecule has 0 saturated heterocycles. The molecule has 0 unspecified atom stereocenters. The number of hydrogen-bond donors (Lipinski definition) is 0. The van der Waals surface area contributed by atoms with Crippen LogP contribution >= 0.6 is 0 Å². The Bertz CT molecular complexity index is 3260. The van der Waals surface area contributed by atoms with Gasteiger partial charge in [0.2, 0.25) is 0 Å². The second-order valence-corrected chi connectivity index (χ2v) is 14.5. The molecule has 2 heteroatoms. The summed E-state index contributed by atoms with van der Waals surface area (Å²) in [7, 11) is 0. The summed E-state index contributed by atoms with van der Waals surface area (Å²) in [5.41, 5.74) is 12.0. The van der Waals surface area contributed by atoms with Gasteiger partial charge in [0.05, 0.1) is 22.4 Å². The lowest BCUT2D eigenvalue weighted by atomic mass is 9.94. The van der Waals surface area contributed by atoms with Gasteiger partial charge in [-0.3, -0.25) is 0 Å². The SMILES string of the molecule is c1ccc(N(c2ccccc2-c2ccc3ccccc3c2)c2cccc3oc4ccccc4c23)c(-c2ccc(-c3ccc4ccc5ccccc5c4c3)cc2)c1. The maximum atomic E-state index is 6.47. The van der Waals surface area contributed by atoms with Crippen LogP contribution in [0.3, 0.4) is 0 Å². The molecule has 262 valence electrons. The van der Waals surface area contributed by atoms with Gasteiger partial charge in [0.25, 0.3) is 0 Å². The highest BCUT2D eigenvalue weighted by Crippen LogP contribution is 2.48. The molecule has 0 radical (unpaired) electrons. The van der Waals surface area contributed by atoms with Crippen LogP contribution in [0, 0.1) is 0 Å². The summed E-state index contributed by atoms with van der Waals surface area (Å²) in [6, 6.07) is 76.6. The number of hydrogen-bond acceptors (Lipinski definition) is 2. The number of para-hydroxylation sites is 3. The van der Waals surface area contributed by atoms with Crippen molar-refractivity contribution in [3.05, 3.63) is 212 Å². The summed E-state index contributed by atoms with van der Waals surface area (Å²) < 4.78 is 6.47. The van der Waals surface area contributed by atoms with Crippen molar-refractivity contribution in [3.63, 3.8) is 0 Å². The minimum atomic E-state index is 0.863. The van der Waals surface area contributed by atoms with Gasteiger partial charge in [0, 0.05) is 16.5 Å². The average molecular weight is 714 g/mol. The first-order chi connectivity index (χ1) is 27.8. The molecule has 0 bridgehead atoms. The lowest BCUT2D eigenvalue weighted by molar-refractivity contribution is 0.669. The summed E-state index contributed by atoms with van der Waals surface area (Å²) >= 11 is 0. The summed E-state index contributed by atoms with van der Waals surface area (Å²) in [6.07, 6.45) is 0. The molecule has 0 aliphatic rings. The smallest absolute Gasteiger partial charge is 0.137 e. The fraction of sp³-hybridized carbons (Fsp3) is 0. The van der Waals surface area contributed by atoms with E-state index in [0.29, 0.717) is 0 Å². The zero-order valence-electron chi connectivity index (χ0n) is 30.6. The average Bonchev–Trinajstić information content (AvgIpc) is 3.66. The number of anilines is 3. The van der Waals surface area contributed by atoms with Gasteiger partial charge < -0.3 is 9.32 Å². The maximum absolute atomic E-state index is 6.47. The fourth-order valence-corrected chi connectivity index (χ4v) is 8.54. The van der Waals surface area contributed by atoms with Crippen LogP contribution < -0.4 is 4.90 Å². The number of rotatable bonds is 6. The third-order valence-electron chi connectivity index (χ3n) is 11.2. The Hall–Kier alpha value is -7.42. The third-order valence-corrected chi connectivity index (χ3v) is 11.2. The molecule has 1 heterocycles. The molecule has 11 aromatic rings. The van der Waals surface area contributed by atoms with Crippen LogP contribution in [0.25, 0.3) is 87.6 Å². The van der Waals surface area contributed by atoms with Crippen molar-refractivity contribution in [2.45, 2.75) is 0 Å². The molecule has 0 aliphatic heterocycles. The molecule has 0 aliphatic carbocycles. The number of benzene rings is 10. The monoisotopic (exact) mass is 713 g/mol. The van der Waals surface area contributed by atoms with E-state index < -0.39 is 0 Å². The van der Waals surface area contributed by atoms with E-state index in [9.17, 15) is 0 Å². The van der Waals surface area contributed by atoms with Crippen molar-refractivity contribution < 1.29 is 4.42 Å². The van der Waals surface area contributed by atoms with Crippen molar-refractivity contribution in [1.29, 1.82) is 0 Å². The van der Waals surface area contributed by atoms with Gasteiger partial charge in [0.15, 0.2) is 0 Å². The minimum Gasteiger partial charge on any atom is -0.456 e. The highest BCUT2D eigenvalue weighted by Gasteiger charge is 2.24. The second-order valence-electron chi connectivity index (χ2n) is 14.5. The minimum absolute atomic E-state index is 0.863. The van der Waals surface area contributed by atoms with Gasteiger partial charge in [-0.25, -0.2) is 0 Å². The molecule has 2 nitrogen and oxygen atoms in total. The molecule has 0 atom stereocenters. The van der Waals surface area contributed by atoms with Crippen molar-refractivity contribution in [2.75, 3.05) is 4.90 Å². The van der Waals surface area contributed by atoms with Crippen LogP contribution in [0.15, 0.2) is 217 Å². The van der Waals surface area contributed by atoms with E-state index in [1.54, 1.807) is 0 Å². The Labute approximate surface area is 325 Å². The maximum Gasteiger partial charge on any atom is 0.137 e. The second kappa shape index (κ2) is 13.2. The summed E-state index contributed by atoms with van der Waals surface area (Å²) in [5.74, 6) is 0. The van der Waals surface area contributed by atoms with E-state index >= 15 is 0 Å². The molecule has 0 N–H and O–H groups in total. The van der Waals surface area contributed by atoms with Crippen molar-refractivity contribution in [2.24, 2.45) is 0 Å². The molecule has 0 saturated carbocycles. The first-order valence-corrected chi connectivity index (χ1v) is 19.2. The van der Waals surface area contributed by atoms with E-state index in [-0.39, 0.29) is 0 Å². The lowest BCUT2D eigenvalue weighted by Crippen LogP contribution is -2.12. The standard InChI is InChI=1S/C54H35NO/c1-2-14-41-34-43(33-26-36(41)12-1)46-17-6-9-20-50(46)55(51-21-11-23-53-54(51)47-18-7-10-22-52(47)56-53)49-19-8-5-16-45(49)39-27-24-37(25-28-39)42-32-31-40-30-29-38-13-3-4-15-44(38)48(40)35-42/h1-35H. The van der Waals surface area contributed by atoms with E-state index in [0.717, 1.165) is 55.7 Å². The van der Waals surface area contributed by atoms with E-state index in [2.05, 4.69) is 211 Å². The van der Waals surface area contributed by atoms with Gasteiger partial charge in [0.1, 0.15) is 11.2 Å². The molecule has 10 aromatic carbocycles. The van der Waals surface area contributed by atoms with Crippen molar-refractivity contribution >= 4 is 71.3 Å². The summed E-state index contributed by atoms with van der Waals surface area (Å²) in [4.78, 5) is 2.44. The molecule has 11 rings (SSSR count). The van der Waals surface area contributed by atoms with Crippen LogP contribution in [0.5, 0.6) is 0 Å². The number of nitrogens with zero attached hydrogens (tertiary/aromatic N) is 1. The van der Waals surface area contributed by atoms with Gasteiger partial charge in [-0.15, -0.1) is 0 Å². The normalized spacial score (nSPS) is 11.6. The number of furan rings is 1. The third kappa shape index (κ3) is 5.34. The van der Waals surface area contributed by atoms with Crippen LogP contribution in [0.4, 0.5) is 17.1 Å². The zero-order valence-corrected chi connectivity index (χ0v) is 30.6. The fourth-order valence-electron chi connectivity index (χ4n) is 8.54. The van der Waals surface area contributed by atoms with Gasteiger partial charge in [-0.2, -0.15) is 0 Å². The first-order valence-electron chi connectivity index (χ1n) is 19.2. The quantitative estimate of drug-likeness (QED) is 0.160. The Balaban J connectivity index is 1.10. The van der Waals surface area contributed by atoms with Crippen LogP contribution in [-0.4, -0.2) is 0 Å². The molecular weight excluding hydrogens is 679 g/mol. The predicted octanol–water partition coefficient (Wildman–Crippen LogP) is 15.5. The highest BCUT2D eigenvalue weighted by atomic mass is 16.3. The van der Waals surface area contributed by atoms with E-state index in [1.807, 2.05) is 6.07 Å². The number of fused-ring (bicyclic) bond motifs is 7. The zero-order chi connectivity index (χ0) is 37.0. The Kier molecular flexibility index (Phi) is 7.53. The summed E-state index contributed by atoms with van der Waals surface area (Å²) in [6.45, 7) is 0. The van der Waals surface area contributed by atoms with Crippen LogP contribution in [0.2, 0.25) is 0 Å². The molecule has 56 heavy (non-hydrogen) atoms.